The molecule has 4 nitrogen and oxygen atoms in total. The summed E-state index contributed by atoms with van der Waals surface area (Å²) >= 11 is 7.92. The molecule has 1 N–H and O–H groups in total. The Morgan fingerprint density at radius 1 is 1.32 bits per heavy atom. The van der Waals surface area contributed by atoms with Crippen LogP contribution < -0.4 is 10.1 Å². The molecule has 2 fully saturated rings. The minimum absolute atomic E-state index is 0.0688. The largest absolute Gasteiger partial charge is 0.489 e. The summed E-state index contributed by atoms with van der Waals surface area (Å²) in [5.41, 5.74) is 0. The number of benzene rings is 1. The van der Waals surface area contributed by atoms with Gasteiger partial charge in [-0.3, -0.25) is 9.69 Å². The third-order valence-corrected chi connectivity index (χ3v) is 6.43. The number of carbonyl (C=O) groups is 1. The standard InChI is InChI=1S/C19H27ClN2O2S/c1-14(24-18-4-2-16(20)3-5-18)12-21-19(23)15-6-9-22(10-7-15)17-8-11-25-13-17/h2-5,14-15,17H,6-13H2,1H3,(H,21,23)/t14-,17+/m0/s1. The smallest absolute Gasteiger partial charge is 0.223 e. The Hall–Kier alpha value is -0.910. The predicted molar refractivity (Wildman–Crippen MR) is 105 cm³/mol. The molecule has 0 aliphatic carbocycles. The van der Waals surface area contributed by atoms with Gasteiger partial charge in [-0.1, -0.05) is 11.6 Å². The molecule has 0 saturated carbocycles. The van der Waals surface area contributed by atoms with Gasteiger partial charge in [0.25, 0.3) is 0 Å². The van der Waals surface area contributed by atoms with Crippen LogP contribution in [0.4, 0.5) is 0 Å². The second-order valence-electron chi connectivity index (χ2n) is 6.96. The van der Waals surface area contributed by atoms with Crippen LogP contribution in [0.25, 0.3) is 0 Å². The molecular weight excluding hydrogens is 356 g/mol. The quantitative estimate of drug-likeness (QED) is 0.818. The van der Waals surface area contributed by atoms with E-state index in [1.54, 1.807) is 12.1 Å². The molecule has 3 rings (SSSR count). The summed E-state index contributed by atoms with van der Waals surface area (Å²) in [5.74, 6) is 3.64. The number of ether oxygens (including phenoxy) is 1. The van der Waals surface area contributed by atoms with E-state index in [9.17, 15) is 4.79 Å². The van der Waals surface area contributed by atoms with Gasteiger partial charge in [0.2, 0.25) is 5.91 Å². The Balaban J connectivity index is 1.37. The van der Waals surface area contributed by atoms with E-state index >= 15 is 0 Å². The minimum atomic E-state index is -0.0688. The topological polar surface area (TPSA) is 41.6 Å². The summed E-state index contributed by atoms with van der Waals surface area (Å²) in [4.78, 5) is 15.0. The first kappa shape index (κ1) is 18.9. The maximum atomic E-state index is 12.4. The molecule has 25 heavy (non-hydrogen) atoms. The van der Waals surface area contributed by atoms with Gasteiger partial charge in [-0.2, -0.15) is 11.8 Å². The summed E-state index contributed by atoms with van der Waals surface area (Å²) in [6.45, 7) is 4.61. The molecule has 0 radical (unpaired) electrons. The highest BCUT2D eigenvalue weighted by atomic mass is 35.5. The molecule has 138 valence electrons. The van der Waals surface area contributed by atoms with Gasteiger partial charge >= 0.3 is 0 Å². The first-order chi connectivity index (χ1) is 12.1. The van der Waals surface area contributed by atoms with E-state index < -0.39 is 0 Å². The van der Waals surface area contributed by atoms with Gasteiger partial charge in [-0.15, -0.1) is 0 Å². The van der Waals surface area contributed by atoms with Crippen LogP contribution in [-0.2, 0) is 4.79 Å². The highest BCUT2D eigenvalue weighted by molar-refractivity contribution is 7.99. The van der Waals surface area contributed by atoms with Crippen molar-refractivity contribution in [2.24, 2.45) is 5.92 Å². The Kier molecular flexibility index (Phi) is 6.91. The lowest BCUT2D eigenvalue weighted by Crippen LogP contribution is -2.46. The van der Waals surface area contributed by atoms with Crippen LogP contribution in [0.2, 0.25) is 5.02 Å². The predicted octanol–water partition coefficient (Wildman–Crippen LogP) is 3.44. The van der Waals surface area contributed by atoms with Crippen LogP contribution in [0.1, 0.15) is 26.2 Å². The van der Waals surface area contributed by atoms with Crippen molar-refractivity contribution in [1.29, 1.82) is 0 Å². The molecular formula is C19H27ClN2O2S. The molecule has 2 saturated heterocycles. The second kappa shape index (κ2) is 9.15. The Morgan fingerprint density at radius 2 is 2.04 bits per heavy atom. The van der Waals surface area contributed by atoms with Crippen molar-refractivity contribution < 1.29 is 9.53 Å². The highest BCUT2D eigenvalue weighted by Gasteiger charge is 2.30. The fourth-order valence-corrected chi connectivity index (χ4v) is 4.89. The monoisotopic (exact) mass is 382 g/mol. The third kappa shape index (κ3) is 5.53. The Morgan fingerprint density at radius 3 is 2.68 bits per heavy atom. The number of rotatable bonds is 6. The zero-order valence-electron chi connectivity index (χ0n) is 14.7. The molecule has 2 atom stereocenters. The zero-order valence-corrected chi connectivity index (χ0v) is 16.3. The average Bonchev–Trinajstić information content (AvgIpc) is 3.16. The fourth-order valence-electron chi connectivity index (χ4n) is 3.51. The SMILES string of the molecule is C[C@@H](CNC(=O)C1CCN([C@@H]2CCSC2)CC1)Oc1ccc(Cl)cc1. The van der Waals surface area contributed by atoms with Gasteiger partial charge in [-0.05, 0) is 69.3 Å². The van der Waals surface area contributed by atoms with Crippen molar-refractivity contribution in [2.75, 3.05) is 31.1 Å². The number of halogens is 1. The highest BCUT2D eigenvalue weighted by Crippen LogP contribution is 2.27. The Labute approximate surface area is 159 Å². The first-order valence-corrected chi connectivity index (χ1v) is 10.7. The van der Waals surface area contributed by atoms with Crippen molar-refractivity contribution in [3.8, 4) is 5.75 Å². The zero-order chi connectivity index (χ0) is 17.6. The maximum absolute atomic E-state index is 12.4. The van der Waals surface area contributed by atoms with Crippen LogP contribution in [0, 0.1) is 5.92 Å². The lowest BCUT2D eigenvalue weighted by molar-refractivity contribution is -0.126. The minimum Gasteiger partial charge on any atom is -0.489 e. The lowest BCUT2D eigenvalue weighted by Gasteiger charge is -2.35. The summed E-state index contributed by atoms with van der Waals surface area (Å²) in [6.07, 6.45) is 3.18. The maximum Gasteiger partial charge on any atom is 0.223 e. The van der Waals surface area contributed by atoms with Gasteiger partial charge in [0.05, 0.1) is 6.54 Å². The van der Waals surface area contributed by atoms with Crippen LogP contribution in [0.15, 0.2) is 24.3 Å². The average molecular weight is 383 g/mol. The fraction of sp³-hybridized carbons (Fsp3) is 0.632. The van der Waals surface area contributed by atoms with E-state index in [1.165, 1.54) is 17.9 Å². The molecule has 0 bridgehead atoms. The third-order valence-electron chi connectivity index (χ3n) is 5.04. The van der Waals surface area contributed by atoms with Crippen molar-refractivity contribution >= 4 is 29.3 Å². The van der Waals surface area contributed by atoms with Gasteiger partial charge in [0, 0.05) is 22.7 Å². The van der Waals surface area contributed by atoms with Crippen LogP contribution in [0.3, 0.4) is 0 Å². The number of piperidine rings is 1. The van der Waals surface area contributed by atoms with Gasteiger partial charge in [0.15, 0.2) is 0 Å². The number of hydrogen-bond acceptors (Lipinski definition) is 4. The van der Waals surface area contributed by atoms with E-state index in [4.69, 9.17) is 16.3 Å². The van der Waals surface area contributed by atoms with Crippen LogP contribution >= 0.6 is 23.4 Å². The van der Waals surface area contributed by atoms with E-state index in [0.717, 1.165) is 37.7 Å². The molecule has 6 heteroatoms. The van der Waals surface area contributed by atoms with Crippen LogP contribution in [-0.4, -0.2) is 54.1 Å². The molecule has 0 aromatic heterocycles. The number of likely N-dealkylation sites (tertiary alicyclic amines) is 1. The van der Waals surface area contributed by atoms with E-state index in [1.807, 2.05) is 19.1 Å². The molecule has 2 aliphatic heterocycles. The van der Waals surface area contributed by atoms with Crippen molar-refractivity contribution in [3.63, 3.8) is 0 Å². The molecule has 0 spiro atoms. The van der Waals surface area contributed by atoms with Crippen LogP contribution in [0.5, 0.6) is 5.75 Å². The van der Waals surface area contributed by atoms with E-state index in [2.05, 4.69) is 22.0 Å². The number of nitrogens with zero attached hydrogens (tertiary/aromatic N) is 1. The molecule has 1 aromatic carbocycles. The molecule has 1 aromatic rings. The summed E-state index contributed by atoms with van der Waals surface area (Å²) in [6, 6.07) is 8.04. The van der Waals surface area contributed by atoms with Gasteiger partial charge in [-0.25, -0.2) is 0 Å². The molecule has 0 unspecified atom stereocenters. The molecule has 1 amide bonds. The van der Waals surface area contributed by atoms with Crippen molar-refractivity contribution in [3.05, 3.63) is 29.3 Å². The molecule has 2 aliphatic rings. The number of amides is 1. The first-order valence-electron chi connectivity index (χ1n) is 9.13. The Bertz CT molecular complexity index is 555. The van der Waals surface area contributed by atoms with Gasteiger partial charge in [0.1, 0.15) is 11.9 Å². The lowest BCUT2D eigenvalue weighted by atomic mass is 9.94. The van der Waals surface area contributed by atoms with Crippen molar-refractivity contribution in [1.82, 2.24) is 10.2 Å². The summed E-state index contributed by atoms with van der Waals surface area (Å²) in [5, 5.41) is 3.75. The number of thioether (sulfide) groups is 1. The van der Waals surface area contributed by atoms with Crippen molar-refractivity contribution in [2.45, 2.75) is 38.3 Å². The second-order valence-corrected chi connectivity index (χ2v) is 8.54. The summed E-state index contributed by atoms with van der Waals surface area (Å²) in [7, 11) is 0. The van der Waals surface area contributed by atoms with E-state index in [0.29, 0.717) is 11.6 Å². The number of nitrogens with one attached hydrogen (secondary N) is 1. The van der Waals surface area contributed by atoms with Gasteiger partial charge < -0.3 is 10.1 Å². The number of hydrogen-bond donors (Lipinski definition) is 1. The normalized spacial score (nSPS) is 23.4. The number of carbonyl (C=O) groups excluding carboxylic acids is 1. The summed E-state index contributed by atoms with van der Waals surface area (Å²) < 4.78 is 5.81. The van der Waals surface area contributed by atoms with E-state index in [-0.39, 0.29) is 17.9 Å². The molecule has 2 heterocycles.